The molecule has 1 aliphatic heterocycles. The van der Waals surface area contributed by atoms with Crippen molar-refractivity contribution in [1.29, 1.82) is 0 Å². The first kappa shape index (κ1) is 13.1. The van der Waals surface area contributed by atoms with Crippen LogP contribution in [0.3, 0.4) is 0 Å². The average Bonchev–Trinajstić information content (AvgIpc) is 2.37. The van der Waals surface area contributed by atoms with Gasteiger partial charge in [-0.1, -0.05) is 23.8 Å². The molecule has 0 aliphatic carbocycles. The fraction of sp³-hybridized carbons (Fsp3) is 0.294. The Hall–Kier alpha value is -1.87. The summed E-state index contributed by atoms with van der Waals surface area (Å²) >= 11 is 0. The van der Waals surface area contributed by atoms with Gasteiger partial charge in [0, 0.05) is 18.1 Å². The van der Waals surface area contributed by atoms with Crippen molar-refractivity contribution in [3.8, 4) is 5.75 Å². The highest BCUT2D eigenvalue weighted by Gasteiger charge is 2.29. The van der Waals surface area contributed by atoms with E-state index in [1.165, 1.54) is 17.7 Å². The highest BCUT2D eigenvalue weighted by atomic mass is 19.1. The number of hydrogen-bond acceptors (Lipinski definition) is 2. The molecule has 0 amide bonds. The summed E-state index contributed by atoms with van der Waals surface area (Å²) in [5.41, 5.74) is 4.02. The maximum atomic E-state index is 13.3. The summed E-state index contributed by atoms with van der Waals surface area (Å²) in [6.07, 6.45) is -0.368. The molecule has 3 rings (SSSR count). The van der Waals surface area contributed by atoms with E-state index < -0.39 is 6.10 Å². The Morgan fingerprint density at radius 3 is 2.60 bits per heavy atom. The van der Waals surface area contributed by atoms with Crippen molar-refractivity contribution in [2.24, 2.45) is 0 Å². The topological polar surface area (TPSA) is 29.5 Å². The molecule has 2 aromatic carbocycles. The Kier molecular flexibility index (Phi) is 3.22. The van der Waals surface area contributed by atoms with E-state index in [-0.39, 0.29) is 11.9 Å². The van der Waals surface area contributed by atoms with Gasteiger partial charge in [-0.3, -0.25) is 0 Å². The van der Waals surface area contributed by atoms with Crippen LogP contribution in [-0.2, 0) is 0 Å². The maximum Gasteiger partial charge on any atom is 0.128 e. The number of aryl methyl sites for hydroxylation is 2. The number of fused-ring (bicyclic) bond motifs is 1. The Bertz CT molecular complexity index is 651. The molecule has 2 aromatic rings. The molecule has 3 heteroatoms. The third kappa shape index (κ3) is 2.29. The molecular weight excluding hydrogens is 255 g/mol. The van der Waals surface area contributed by atoms with Crippen molar-refractivity contribution < 1.29 is 14.2 Å². The smallest absolute Gasteiger partial charge is 0.128 e. The molecule has 0 fully saturated rings. The summed E-state index contributed by atoms with van der Waals surface area (Å²) in [5, 5.41) is 10.2. The average molecular weight is 272 g/mol. The molecule has 2 atom stereocenters. The van der Waals surface area contributed by atoms with Gasteiger partial charge in [-0.05, 0) is 37.1 Å². The van der Waals surface area contributed by atoms with Crippen molar-refractivity contribution in [3.63, 3.8) is 0 Å². The second kappa shape index (κ2) is 4.91. The van der Waals surface area contributed by atoms with Crippen LogP contribution in [0.15, 0.2) is 36.4 Å². The summed E-state index contributed by atoms with van der Waals surface area (Å²) in [6.45, 7) is 4.07. The van der Waals surface area contributed by atoms with Gasteiger partial charge in [0.1, 0.15) is 17.7 Å². The van der Waals surface area contributed by atoms with Crippen LogP contribution in [0.25, 0.3) is 0 Å². The second-order valence-electron chi connectivity index (χ2n) is 5.40. The zero-order valence-corrected chi connectivity index (χ0v) is 11.6. The number of rotatable bonds is 1. The van der Waals surface area contributed by atoms with E-state index >= 15 is 0 Å². The lowest BCUT2D eigenvalue weighted by molar-refractivity contribution is 0.0651. The van der Waals surface area contributed by atoms with E-state index in [1.54, 1.807) is 6.07 Å². The predicted molar refractivity (Wildman–Crippen MR) is 75.3 cm³/mol. The van der Waals surface area contributed by atoms with Crippen LogP contribution in [-0.4, -0.2) is 5.11 Å². The fourth-order valence-corrected chi connectivity index (χ4v) is 2.79. The van der Waals surface area contributed by atoms with Crippen molar-refractivity contribution in [1.82, 2.24) is 0 Å². The van der Waals surface area contributed by atoms with E-state index in [9.17, 15) is 9.50 Å². The van der Waals surface area contributed by atoms with E-state index in [1.807, 2.05) is 26.0 Å². The van der Waals surface area contributed by atoms with E-state index in [0.29, 0.717) is 17.7 Å². The lowest BCUT2D eigenvalue weighted by atomic mass is 9.92. The lowest BCUT2D eigenvalue weighted by Crippen LogP contribution is -2.20. The summed E-state index contributed by atoms with van der Waals surface area (Å²) in [5.74, 6) is 0.0888. The third-order valence-electron chi connectivity index (χ3n) is 3.81. The number of aliphatic hydroxyl groups is 1. The largest absolute Gasteiger partial charge is 0.485 e. The monoisotopic (exact) mass is 272 g/mol. The quantitative estimate of drug-likeness (QED) is 0.850. The molecule has 0 saturated carbocycles. The fourth-order valence-electron chi connectivity index (χ4n) is 2.79. The van der Waals surface area contributed by atoms with Crippen LogP contribution in [0, 0.1) is 19.7 Å². The molecule has 0 spiro atoms. The van der Waals surface area contributed by atoms with Gasteiger partial charge in [0.15, 0.2) is 0 Å². The molecular formula is C17H17FO2. The summed E-state index contributed by atoms with van der Waals surface area (Å²) in [6, 6.07) is 10.4. The van der Waals surface area contributed by atoms with Gasteiger partial charge < -0.3 is 9.84 Å². The SMILES string of the molecule is Cc1ccc(C2CC(O)c3ccc(F)cc3O2)c(C)c1. The third-order valence-corrected chi connectivity index (χ3v) is 3.81. The van der Waals surface area contributed by atoms with E-state index in [4.69, 9.17) is 4.74 Å². The standard InChI is InChI=1S/C17H17FO2/c1-10-3-5-13(11(2)7-10)17-9-15(19)14-6-4-12(18)8-16(14)20-17/h3-8,15,17,19H,9H2,1-2H3. The van der Waals surface area contributed by atoms with E-state index in [0.717, 1.165) is 11.1 Å². The molecule has 104 valence electrons. The van der Waals surface area contributed by atoms with Gasteiger partial charge in [0.2, 0.25) is 0 Å². The molecule has 0 bridgehead atoms. The maximum absolute atomic E-state index is 13.3. The van der Waals surface area contributed by atoms with Crippen molar-refractivity contribution in [3.05, 3.63) is 64.5 Å². The molecule has 2 unspecified atom stereocenters. The molecule has 20 heavy (non-hydrogen) atoms. The van der Waals surface area contributed by atoms with Crippen molar-refractivity contribution >= 4 is 0 Å². The minimum atomic E-state index is -0.620. The first-order valence-electron chi connectivity index (χ1n) is 6.76. The second-order valence-corrected chi connectivity index (χ2v) is 5.40. The highest BCUT2D eigenvalue weighted by molar-refractivity contribution is 5.40. The Balaban J connectivity index is 1.98. The van der Waals surface area contributed by atoms with Crippen LogP contribution in [0.1, 0.15) is 40.9 Å². The predicted octanol–water partition coefficient (Wildman–Crippen LogP) is 4.00. The normalized spacial score (nSPS) is 21.2. The first-order chi connectivity index (χ1) is 9.54. The number of benzene rings is 2. The van der Waals surface area contributed by atoms with Crippen LogP contribution in [0.4, 0.5) is 4.39 Å². The van der Waals surface area contributed by atoms with Gasteiger partial charge >= 0.3 is 0 Å². The Morgan fingerprint density at radius 1 is 1.10 bits per heavy atom. The minimum absolute atomic E-state index is 0.236. The highest BCUT2D eigenvalue weighted by Crippen LogP contribution is 2.41. The van der Waals surface area contributed by atoms with Crippen LogP contribution in [0.2, 0.25) is 0 Å². The summed E-state index contributed by atoms with van der Waals surface area (Å²) in [4.78, 5) is 0. The van der Waals surface area contributed by atoms with Gasteiger partial charge in [0.05, 0.1) is 6.10 Å². The van der Waals surface area contributed by atoms with Crippen LogP contribution in [0.5, 0.6) is 5.75 Å². The van der Waals surface area contributed by atoms with Gasteiger partial charge in [-0.25, -0.2) is 4.39 Å². The summed E-state index contributed by atoms with van der Waals surface area (Å²) in [7, 11) is 0. The molecule has 0 radical (unpaired) electrons. The zero-order valence-electron chi connectivity index (χ0n) is 11.6. The zero-order chi connectivity index (χ0) is 14.3. The van der Waals surface area contributed by atoms with Gasteiger partial charge in [0.25, 0.3) is 0 Å². The molecule has 1 aliphatic rings. The molecule has 0 aromatic heterocycles. The Labute approximate surface area is 117 Å². The molecule has 2 nitrogen and oxygen atoms in total. The van der Waals surface area contributed by atoms with Crippen molar-refractivity contribution in [2.75, 3.05) is 0 Å². The minimum Gasteiger partial charge on any atom is -0.485 e. The molecule has 0 saturated heterocycles. The number of hydrogen-bond donors (Lipinski definition) is 1. The van der Waals surface area contributed by atoms with Crippen LogP contribution >= 0.6 is 0 Å². The van der Waals surface area contributed by atoms with Crippen LogP contribution < -0.4 is 4.74 Å². The van der Waals surface area contributed by atoms with Gasteiger partial charge in [-0.15, -0.1) is 0 Å². The number of ether oxygens (including phenoxy) is 1. The number of aliphatic hydroxyl groups excluding tert-OH is 1. The Morgan fingerprint density at radius 2 is 1.85 bits per heavy atom. The first-order valence-corrected chi connectivity index (χ1v) is 6.76. The van der Waals surface area contributed by atoms with Crippen molar-refractivity contribution in [2.45, 2.75) is 32.5 Å². The lowest BCUT2D eigenvalue weighted by Gasteiger charge is -2.30. The molecule has 1 N–H and O–H groups in total. The van der Waals surface area contributed by atoms with Gasteiger partial charge in [-0.2, -0.15) is 0 Å². The number of halogens is 1. The summed E-state index contributed by atoms with van der Waals surface area (Å²) < 4.78 is 19.2. The van der Waals surface area contributed by atoms with E-state index in [2.05, 4.69) is 6.07 Å². The molecule has 1 heterocycles.